The summed E-state index contributed by atoms with van der Waals surface area (Å²) in [6.45, 7) is 2.64. The molecule has 2 aliphatic rings. The van der Waals surface area contributed by atoms with Crippen molar-refractivity contribution >= 4 is 34.9 Å². The first-order valence-corrected chi connectivity index (χ1v) is 11.9. The van der Waals surface area contributed by atoms with Crippen molar-refractivity contribution in [2.45, 2.75) is 31.8 Å². The van der Waals surface area contributed by atoms with Crippen LogP contribution < -0.4 is 15.5 Å². The molecular weight excluding hydrogens is 460 g/mol. The van der Waals surface area contributed by atoms with E-state index in [4.69, 9.17) is 23.2 Å². The molecule has 3 aromatic rings. The third-order valence-electron chi connectivity index (χ3n) is 6.52. The second-order valence-electron chi connectivity index (χ2n) is 8.55. The molecule has 0 aliphatic carbocycles. The van der Waals surface area contributed by atoms with E-state index >= 15 is 0 Å². The Morgan fingerprint density at radius 3 is 2.52 bits per heavy atom. The van der Waals surface area contributed by atoms with E-state index in [0.29, 0.717) is 29.1 Å². The van der Waals surface area contributed by atoms with Crippen LogP contribution in [0.5, 0.6) is 0 Å². The third kappa shape index (κ3) is 4.45. The number of hydrogen-bond donors (Lipinski definition) is 2. The minimum atomic E-state index is -0.374. The summed E-state index contributed by atoms with van der Waals surface area (Å²) in [7, 11) is 0. The Morgan fingerprint density at radius 2 is 1.76 bits per heavy atom. The van der Waals surface area contributed by atoms with Gasteiger partial charge in [-0.2, -0.15) is 0 Å². The summed E-state index contributed by atoms with van der Waals surface area (Å²) in [5.41, 5.74) is 5.55. The molecular formula is C26H24Cl2FN3O. The summed E-state index contributed by atoms with van der Waals surface area (Å²) in [4.78, 5) is 14.7. The van der Waals surface area contributed by atoms with Crippen LogP contribution in [0, 0.1) is 5.82 Å². The second-order valence-corrected chi connectivity index (χ2v) is 9.37. The first kappa shape index (κ1) is 22.2. The topological polar surface area (TPSA) is 44.4 Å². The molecule has 4 nitrogen and oxygen atoms in total. The summed E-state index contributed by atoms with van der Waals surface area (Å²) in [6, 6.07) is 16.2. The molecule has 0 bridgehead atoms. The summed E-state index contributed by atoms with van der Waals surface area (Å²) in [5, 5.41) is 7.37. The number of anilines is 1. The van der Waals surface area contributed by atoms with Crippen LogP contribution in [0.1, 0.15) is 35.4 Å². The van der Waals surface area contributed by atoms with E-state index < -0.39 is 0 Å². The van der Waals surface area contributed by atoms with E-state index in [1.807, 2.05) is 24.3 Å². The quantitative estimate of drug-likeness (QED) is 0.444. The van der Waals surface area contributed by atoms with Gasteiger partial charge in [0.1, 0.15) is 5.82 Å². The van der Waals surface area contributed by atoms with E-state index in [-0.39, 0.29) is 11.8 Å². The van der Waals surface area contributed by atoms with Crippen molar-refractivity contribution in [3.8, 4) is 11.1 Å². The van der Waals surface area contributed by atoms with Gasteiger partial charge in [-0.1, -0.05) is 47.5 Å². The Hall–Kier alpha value is -2.60. The zero-order valence-corrected chi connectivity index (χ0v) is 19.5. The molecule has 2 heterocycles. The van der Waals surface area contributed by atoms with Gasteiger partial charge < -0.3 is 10.6 Å². The lowest BCUT2D eigenvalue weighted by molar-refractivity contribution is 0.244. The highest BCUT2D eigenvalue weighted by Crippen LogP contribution is 2.41. The van der Waals surface area contributed by atoms with Gasteiger partial charge in [0.15, 0.2) is 0 Å². The lowest BCUT2D eigenvalue weighted by Crippen LogP contribution is -2.44. The fourth-order valence-electron chi connectivity index (χ4n) is 4.77. The van der Waals surface area contributed by atoms with Crippen LogP contribution in [-0.4, -0.2) is 19.1 Å². The van der Waals surface area contributed by atoms with Crippen LogP contribution in [-0.2, 0) is 13.1 Å². The van der Waals surface area contributed by atoms with Crippen LogP contribution in [0.3, 0.4) is 0 Å². The number of benzene rings is 3. The van der Waals surface area contributed by atoms with Crippen molar-refractivity contribution in [1.82, 2.24) is 10.6 Å². The maximum absolute atomic E-state index is 13.8. The van der Waals surface area contributed by atoms with Crippen molar-refractivity contribution < 1.29 is 9.18 Å². The van der Waals surface area contributed by atoms with Crippen molar-refractivity contribution in [2.75, 3.05) is 18.0 Å². The van der Waals surface area contributed by atoms with Gasteiger partial charge in [0.05, 0.1) is 17.3 Å². The lowest BCUT2D eigenvalue weighted by Gasteiger charge is -2.34. The Balaban J connectivity index is 1.67. The van der Waals surface area contributed by atoms with Crippen LogP contribution in [0.25, 0.3) is 11.1 Å². The zero-order valence-electron chi connectivity index (χ0n) is 18.0. The molecule has 0 aromatic heterocycles. The Kier molecular flexibility index (Phi) is 6.28. The number of nitrogens with zero attached hydrogens (tertiary/aromatic N) is 1. The van der Waals surface area contributed by atoms with Crippen LogP contribution in [0.2, 0.25) is 10.0 Å². The Morgan fingerprint density at radius 1 is 0.970 bits per heavy atom. The van der Waals surface area contributed by atoms with Crippen LogP contribution in [0.4, 0.5) is 14.9 Å². The van der Waals surface area contributed by atoms with Gasteiger partial charge in [0.2, 0.25) is 0 Å². The van der Waals surface area contributed by atoms with Crippen molar-refractivity contribution in [3.05, 3.63) is 87.2 Å². The van der Waals surface area contributed by atoms with Gasteiger partial charge in [0, 0.05) is 22.7 Å². The minimum Gasteiger partial charge on any atom is -0.333 e. The summed E-state index contributed by atoms with van der Waals surface area (Å²) in [6.07, 6.45) is 2.04. The molecule has 1 fully saturated rings. The molecule has 5 rings (SSSR count). The first-order chi connectivity index (χ1) is 16.0. The Labute approximate surface area is 202 Å². The number of urea groups is 1. The number of hydrogen-bond acceptors (Lipinski definition) is 2. The number of nitrogens with one attached hydrogen (secondary N) is 2. The lowest BCUT2D eigenvalue weighted by atomic mass is 9.85. The highest BCUT2D eigenvalue weighted by molar-refractivity contribution is 6.33. The van der Waals surface area contributed by atoms with Gasteiger partial charge >= 0.3 is 6.03 Å². The van der Waals surface area contributed by atoms with Gasteiger partial charge in [-0.05, 0) is 78.9 Å². The number of halogens is 3. The molecule has 2 amide bonds. The van der Waals surface area contributed by atoms with Crippen molar-refractivity contribution in [2.24, 2.45) is 0 Å². The molecule has 2 N–H and O–H groups in total. The fraction of sp³-hybridized carbons (Fsp3) is 0.269. The van der Waals surface area contributed by atoms with E-state index in [1.165, 1.54) is 17.7 Å². The van der Waals surface area contributed by atoms with Crippen LogP contribution >= 0.6 is 23.2 Å². The zero-order chi connectivity index (χ0) is 22.9. The monoisotopic (exact) mass is 483 g/mol. The molecule has 7 heteroatoms. The van der Waals surface area contributed by atoms with Gasteiger partial charge in [-0.3, -0.25) is 4.90 Å². The average Bonchev–Trinajstić information content (AvgIpc) is 2.82. The van der Waals surface area contributed by atoms with E-state index in [9.17, 15) is 9.18 Å². The molecule has 0 saturated carbocycles. The second kappa shape index (κ2) is 9.34. The highest BCUT2D eigenvalue weighted by atomic mass is 35.5. The van der Waals surface area contributed by atoms with E-state index in [0.717, 1.165) is 53.9 Å². The molecule has 2 aliphatic heterocycles. The number of carbonyl (C=O) groups is 1. The minimum absolute atomic E-state index is 0.166. The van der Waals surface area contributed by atoms with Gasteiger partial charge in [-0.25, -0.2) is 9.18 Å². The van der Waals surface area contributed by atoms with E-state index in [2.05, 4.69) is 22.8 Å². The van der Waals surface area contributed by atoms with E-state index in [1.54, 1.807) is 11.0 Å². The molecule has 170 valence electrons. The SMILES string of the molecule is O=C1NCc2c(-c3ccc(F)cc3Cl)cc(C3CCNCC3)cc2N1Cc1ccccc1Cl. The normalized spacial score (nSPS) is 16.5. The van der Waals surface area contributed by atoms with Crippen molar-refractivity contribution in [1.29, 1.82) is 0 Å². The van der Waals surface area contributed by atoms with Gasteiger partial charge in [0.25, 0.3) is 0 Å². The van der Waals surface area contributed by atoms with Crippen molar-refractivity contribution in [3.63, 3.8) is 0 Å². The molecule has 3 aromatic carbocycles. The summed E-state index contributed by atoms with van der Waals surface area (Å²) < 4.78 is 13.8. The number of carbonyl (C=O) groups excluding carboxylic acids is 1. The molecule has 33 heavy (non-hydrogen) atoms. The number of rotatable bonds is 4. The predicted molar refractivity (Wildman–Crippen MR) is 132 cm³/mol. The average molecular weight is 484 g/mol. The molecule has 0 atom stereocenters. The standard InChI is InChI=1S/C26H24Cl2FN3O/c27-23-4-2-1-3-17(23)15-32-25-12-18(16-7-9-30-10-8-16)11-21(22(25)14-31-26(32)33)20-6-5-19(29)13-24(20)28/h1-6,11-13,16,30H,7-10,14-15H2,(H,31,33). The smallest absolute Gasteiger partial charge is 0.322 e. The van der Waals surface area contributed by atoms with Gasteiger partial charge in [-0.15, -0.1) is 0 Å². The molecule has 0 unspecified atom stereocenters. The molecule has 1 saturated heterocycles. The number of amides is 2. The maximum atomic E-state index is 13.8. The summed E-state index contributed by atoms with van der Waals surface area (Å²) >= 11 is 12.9. The molecule has 0 radical (unpaired) electrons. The maximum Gasteiger partial charge on any atom is 0.322 e. The predicted octanol–water partition coefficient (Wildman–Crippen LogP) is 6.50. The Bertz CT molecular complexity index is 1210. The molecule has 0 spiro atoms. The van der Waals surface area contributed by atoms with Crippen LogP contribution in [0.15, 0.2) is 54.6 Å². The summed E-state index contributed by atoms with van der Waals surface area (Å²) in [5.74, 6) is 0.00227. The largest absolute Gasteiger partial charge is 0.333 e. The highest BCUT2D eigenvalue weighted by Gasteiger charge is 2.29. The number of fused-ring (bicyclic) bond motifs is 1. The third-order valence-corrected chi connectivity index (χ3v) is 7.20. The fourth-order valence-corrected chi connectivity index (χ4v) is 5.23. The number of piperidine rings is 1. The first-order valence-electron chi connectivity index (χ1n) is 11.1.